The average Bonchev–Trinajstić information content (AvgIpc) is 2.46. The van der Waals surface area contributed by atoms with Gasteiger partial charge in [-0.3, -0.25) is 0 Å². The minimum absolute atomic E-state index is 0.468. The monoisotopic (exact) mass is 284 g/mol. The maximum atomic E-state index is 5.36. The zero-order valence-corrected chi connectivity index (χ0v) is 12.7. The van der Waals surface area contributed by atoms with Crippen molar-refractivity contribution in [3.05, 3.63) is 65.7 Å². The van der Waals surface area contributed by atoms with E-state index in [1.807, 2.05) is 24.3 Å². The number of thiocarbonyl (C=S) groups is 1. The predicted octanol–water partition coefficient (Wildman–Crippen LogP) is 4.30. The number of anilines is 1. The Morgan fingerprint density at radius 3 is 2.35 bits per heavy atom. The van der Waals surface area contributed by atoms with E-state index >= 15 is 0 Å². The minimum atomic E-state index is 0.468. The molecule has 2 nitrogen and oxygen atoms in total. The fraction of sp³-hybridized carbons (Fsp3) is 0.235. The standard InChI is InChI=1S/C17H20N2S/c1-13(2)15-10-6-7-11-16(15)19-17(20)18-12-14-8-4-3-5-9-14/h3-11,13H,12H2,1-2H3,(H2,18,19,20). The second-order valence-corrected chi connectivity index (χ2v) is 5.44. The molecule has 0 aliphatic heterocycles. The molecular weight excluding hydrogens is 264 g/mol. The molecule has 2 N–H and O–H groups in total. The largest absolute Gasteiger partial charge is 0.358 e. The molecule has 0 aliphatic rings. The molecule has 20 heavy (non-hydrogen) atoms. The van der Waals surface area contributed by atoms with Crippen LogP contribution in [-0.4, -0.2) is 5.11 Å². The zero-order valence-electron chi connectivity index (χ0n) is 11.9. The Balaban J connectivity index is 1.95. The lowest BCUT2D eigenvalue weighted by Gasteiger charge is -2.16. The van der Waals surface area contributed by atoms with Gasteiger partial charge in [0.05, 0.1) is 0 Å². The normalized spacial score (nSPS) is 10.3. The van der Waals surface area contributed by atoms with Crippen molar-refractivity contribution in [3.63, 3.8) is 0 Å². The first-order valence-corrected chi connectivity index (χ1v) is 7.25. The molecule has 0 saturated carbocycles. The molecule has 2 aromatic rings. The van der Waals surface area contributed by atoms with Gasteiger partial charge >= 0.3 is 0 Å². The summed E-state index contributed by atoms with van der Waals surface area (Å²) < 4.78 is 0. The molecule has 0 radical (unpaired) electrons. The Hall–Kier alpha value is -1.87. The number of rotatable bonds is 4. The van der Waals surface area contributed by atoms with Gasteiger partial charge in [0, 0.05) is 12.2 Å². The summed E-state index contributed by atoms with van der Waals surface area (Å²) in [5, 5.41) is 7.17. The van der Waals surface area contributed by atoms with Crippen molar-refractivity contribution >= 4 is 23.0 Å². The molecule has 0 unspecified atom stereocenters. The van der Waals surface area contributed by atoms with Crippen molar-refractivity contribution in [2.75, 3.05) is 5.32 Å². The molecule has 0 spiro atoms. The SMILES string of the molecule is CC(C)c1ccccc1NC(=S)NCc1ccccc1. The molecule has 0 atom stereocenters. The van der Waals surface area contributed by atoms with Crippen molar-refractivity contribution in [2.45, 2.75) is 26.3 Å². The van der Waals surface area contributed by atoms with E-state index in [2.05, 4.69) is 54.8 Å². The maximum Gasteiger partial charge on any atom is 0.171 e. The topological polar surface area (TPSA) is 24.1 Å². The Morgan fingerprint density at radius 2 is 1.65 bits per heavy atom. The molecule has 0 heterocycles. The van der Waals surface area contributed by atoms with E-state index in [-0.39, 0.29) is 0 Å². The summed E-state index contributed by atoms with van der Waals surface area (Å²) in [4.78, 5) is 0. The van der Waals surface area contributed by atoms with Crippen molar-refractivity contribution in [2.24, 2.45) is 0 Å². The Labute approximate surface area is 126 Å². The summed E-state index contributed by atoms with van der Waals surface area (Å²) in [5.41, 5.74) is 3.57. The molecule has 0 amide bonds. The van der Waals surface area contributed by atoms with Crippen molar-refractivity contribution in [1.29, 1.82) is 0 Å². The van der Waals surface area contributed by atoms with Crippen molar-refractivity contribution in [3.8, 4) is 0 Å². The third-order valence-electron chi connectivity index (χ3n) is 3.13. The van der Waals surface area contributed by atoms with Crippen LogP contribution in [-0.2, 0) is 6.54 Å². The van der Waals surface area contributed by atoms with Gasteiger partial charge in [0.1, 0.15) is 0 Å². The van der Waals surface area contributed by atoms with Crippen LogP contribution in [0.2, 0.25) is 0 Å². The highest BCUT2D eigenvalue weighted by Gasteiger charge is 2.06. The Kier molecular flexibility index (Phi) is 5.13. The first-order valence-electron chi connectivity index (χ1n) is 6.84. The maximum absolute atomic E-state index is 5.36. The van der Waals surface area contributed by atoms with Crippen LogP contribution in [0.25, 0.3) is 0 Å². The number of para-hydroxylation sites is 1. The molecule has 0 bridgehead atoms. The van der Waals surface area contributed by atoms with Gasteiger partial charge < -0.3 is 10.6 Å². The molecule has 0 aromatic heterocycles. The molecule has 0 fully saturated rings. The lowest BCUT2D eigenvalue weighted by molar-refractivity contribution is 0.868. The van der Waals surface area contributed by atoms with Crippen LogP contribution in [0.4, 0.5) is 5.69 Å². The van der Waals surface area contributed by atoms with Crippen LogP contribution >= 0.6 is 12.2 Å². The number of benzene rings is 2. The summed E-state index contributed by atoms with van der Waals surface area (Å²) in [6.45, 7) is 5.10. The third-order valence-corrected chi connectivity index (χ3v) is 3.37. The van der Waals surface area contributed by atoms with Crippen LogP contribution in [0, 0.1) is 0 Å². The first-order chi connectivity index (χ1) is 9.66. The zero-order chi connectivity index (χ0) is 14.4. The molecule has 104 valence electrons. The second-order valence-electron chi connectivity index (χ2n) is 5.04. The van der Waals surface area contributed by atoms with Gasteiger partial charge in [-0.2, -0.15) is 0 Å². The first kappa shape index (κ1) is 14.5. The molecular formula is C17H20N2S. The smallest absolute Gasteiger partial charge is 0.171 e. The second kappa shape index (κ2) is 7.06. The van der Waals surface area contributed by atoms with Crippen LogP contribution in [0.15, 0.2) is 54.6 Å². The minimum Gasteiger partial charge on any atom is -0.358 e. The van der Waals surface area contributed by atoms with E-state index in [0.717, 1.165) is 12.2 Å². The van der Waals surface area contributed by atoms with Gasteiger partial charge in [0.2, 0.25) is 0 Å². The lowest BCUT2D eigenvalue weighted by Crippen LogP contribution is -2.28. The number of nitrogens with one attached hydrogen (secondary N) is 2. The highest BCUT2D eigenvalue weighted by atomic mass is 32.1. The average molecular weight is 284 g/mol. The lowest BCUT2D eigenvalue weighted by atomic mass is 10.0. The van der Waals surface area contributed by atoms with Gasteiger partial charge in [-0.1, -0.05) is 62.4 Å². The van der Waals surface area contributed by atoms with E-state index in [1.54, 1.807) is 0 Å². The fourth-order valence-corrected chi connectivity index (χ4v) is 2.24. The predicted molar refractivity (Wildman–Crippen MR) is 90.0 cm³/mol. The Bertz CT molecular complexity index is 564. The summed E-state index contributed by atoms with van der Waals surface area (Å²) in [7, 11) is 0. The van der Waals surface area contributed by atoms with E-state index in [0.29, 0.717) is 11.0 Å². The summed E-state index contributed by atoms with van der Waals surface area (Å²) in [5.74, 6) is 0.468. The Morgan fingerprint density at radius 1 is 1.00 bits per heavy atom. The van der Waals surface area contributed by atoms with E-state index in [4.69, 9.17) is 12.2 Å². The van der Waals surface area contributed by atoms with Crippen LogP contribution < -0.4 is 10.6 Å². The van der Waals surface area contributed by atoms with E-state index < -0.39 is 0 Å². The molecule has 3 heteroatoms. The molecule has 0 aliphatic carbocycles. The van der Waals surface area contributed by atoms with Crippen LogP contribution in [0.5, 0.6) is 0 Å². The molecule has 0 saturated heterocycles. The van der Waals surface area contributed by atoms with Gasteiger partial charge in [0.15, 0.2) is 5.11 Å². The molecule has 2 rings (SSSR count). The van der Waals surface area contributed by atoms with Crippen LogP contribution in [0.3, 0.4) is 0 Å². The van der Waals surface area contributed by atoms with E-state index in [9.17, 15) is 0 Å². The quantitative estimate of drug-likeness (QED) is 0.819. The highest BCUT2D eigenvalue weighted by Crippen LogP contribution is 2.23. The van der Waals surface area contributed by atoms with E-state index in [1.165, 1.54) is 11.1 Å². The van der Waals surface area contributed by atoms with Crippen molar-refractivity contribution in [1.82, 2.24) is 5.32 Å². The number of hydrogen-bond donors (Lipinski definition) is 2. The summed E-state index contributed by atoms with van der Waals surface area (Å²) in [6.07, 6.45) is 0. The highest BCUT2D eigenvalue weighted by molar-refractivity contribution is 7.80. The fourth-order valence-electron chi connectivity index (χ4n) is 2.06. The summed E-state index contributed by atoms with van der Waals surface area (Å²) >= 11 is 5.36. The van der Waals surface area contributed by atoms with Gasteiger partial charge in [-0.05, 0) is 35.3 Å². The third kappa shape index (κ3) is 4.07. The van der Waals surface area contributed by atoms with Gasteiger partial charge in [-0.25, -0.2) is 0 Å². The van der Waals surface area contributed by atoms with Crippen molar-refractivity contribution < 1.29 is 0 Å². The summed E-state index contributed by atoms with van der Waals surface area (Å²) in [6, 6.07) is 18.5. The van der Waals surface area contributed by atoms with Crippen LogP contribution in [0.1, 0.15) is 30.9 Å². The van der Waals surface area contributed by atoms with Gasteiger partial charge in [0.25, 0.3) is 0 Å². The molecule has 2 aromatic carbocycles. The number of hydrogen-bond acceptors (Lipinski definition) is 1. The van der Waals surface area contributed by atoms with Gasteiger partial charge in [-0.15, -0.1) is 0 Å².